The Morgan fingerprint density at radius 1 is 1.00 bits per heavy atom. The van der Waals surface area contributed by atoms with E-state index in [0.29, 0.717) is 43.9 Å². The molecule has 4 aliphatic rings. The van der Waals surface area contributed by atoms with Crippen LogP contribution in [0.1, 0.15) is 32.6 Å². The highest BCUT2D eigenvalue weighted by atomic mass is 16.2. The fraction of sp³-hybridized carbons (Fsp3) is 0.889. The maximum atomic E-state index is 12.4. The molecule has 3 atom stereocenters. The van der Waals surface area contributed by atoms with Crippen LogP contribution in [0.2, 0.25) is 0 Å². The topological polar surface area (TPSA) is 55.9 Å². The summed E-state index contributed by atoms with van der Waals surface area (Å²) in [6, 6.07) is 0.886. The van der Waals surface area contributed by atoms with Gasteiger partial charge >= 0.3 is 6.03 Å². The molecule has 4 fully saturated rings. The predicted octanol–water partition coefficient (Wildman–Crippen LogP) is 0.981. The third-order valence-electron chi connectivity index (χ3n) is 6.23. The first-order valence-electron chi connectivity index (χ1n) is 9.67. The van der Waals surface area contributed by atoms with Crippen molar-refractivity contribution in [3.63, 3.8) is 0 Å². The normalized spacial score (nSPS) is 33.6. The van der Waals surface area contributed by atoms with Gasteiger partial charge in [0.1, 0.15) is 0 Å². The molecule has 6 nitrogen and oxygen atoms in total. The smallest absolute Gasteiger partial charge is 0.317 e. The molecule has 0 aromatic carbocycles. The van der Waals surface area contributed by atoms with Crippen molar-refractivity contribution in [2.75, 3.05) is 45.8 Å². The molecular formula is C18H30N4O2. The minimum atomic E-state index is 0.0479. The van der Waals surface area contributed by atoms with E-state index in [0.717, 1.165) is 25.6 Å². The van der Waals surface area contributed by atoms with E-state index in [1.54, 1.807) is 0 Å². The van der Waals surface area contributed by atoms with Crippen molar-refractivity contribution in [1.29, 1.82) is 0 Å². The highest BCUT2D eigenvalue weighted by molar-refractivity contribution is 5.82. The number of nitrogens with one attached hydrogen (secondary N) is 1. The Hall–Kier alpha value is -1.30. The van der Waals surface area contributed by atoms with E-state index in [1.807, 2.05) is 9.80 Å². The van der Waals surface area contributed by atoms with Crippen LogP contribution in [0, 0.1) is 17.8 Å². The molecule has 1 N–H and O–H groups in total. The summed E-state index contributed by atoms with van der Waals surface area (Å²) in [7, 11) is 0. The van der Waals surface area contributed by atoms with Crippen LogP contribution in [0.15, 0.2) is 0 Å². The SMILES string of the molecule is C[C@@H]1C[C@H]1C(=O)N1CCN(C(=O)NC[C@@H]2CCN(C3CC3)C2)CC1. The van der Waals surface area contributed by atoms with Crippen molar-refractivity contribution in [2.45, 2.75) is 38.6 Å². The van der Waals surface area contributed by atoms with Crippen molar-refractivity contribution in [1.82, 2.24) is 20.0 Å². The number of rotatable bonds is 4. The standard InChI is InChI=1S/C18H30N4O2/c1-13-10-16(13)17(23)20-6-8-21(9-7-20)18(24)19-11-14-4-5-22(12-14)15-2-3-15/h13-16H,2-12H2,1H3,(H,19,24)/t13-,14+,16-/m1/s1. The molecule has 0 radical (unpaired) electrons. The monoisotopic (exact) mass is 334 g/mol. The predicted molar refractivity (Wildman–Crippen MR) is 91.5 cm³/mol. The van der Waals surface area contributed by atoms with Crippen LogP contribution in [-0.4, -0.2) is 78.5 Å². The third kappa shape index (κ3) is 3.53. The summed E-state index contributed by atoms with van der Waals surface area (Å²) in [5.74, 6) is 1.71. The Kier molecular flexibility index (Phi) is 4.41. The van der Waals surface area contributed by atoms with Gasteiger partial charge in [0.05, 0.1) is 0 Å². The third-order valence-corrected chi connectivity index (χ3v) is 6.23. The molecule has 0 bridgehead atoms. The zero-order valence-corrected chi connectivity index (χ0v) is 14.7. The van der Waals surface area contributed by atoms with E-state index in [4.69, 9.17) is 0 Å². The van der Waals surface area contributed by atoms with Crippen LogP contribution < -0.4 is 5.32 Å². The summed E-state index contributed by atoms with van der Waals surface area (Å²) in [5, 5.41) is 3.12. The average Bonchev–Trinajstić information content (AvgIpc) is 3.52. The van der Waals surface area contributed by atoms with Gasteiger partial charge in [-0.2, -0.15) is 0 Å². The average molecular weight is 334 g/mol. The summed E-state index contributed by atoms with van der Waals surface area (Å²) in [4.78, 5) is 31.0. The fourth-order valence-corrected chi connectivity index (χ4v) is 4.17. The molecule has 0 aromatic rings. The van der Waals surface area contributed by atoms with Gasteiger partial charge in [-0.3, -0.25) is 4.79 Å². The summed E-state index contributed by atoms with van der Waals surface area (Å²) in [6.07, 6.45) is 4.97. The summed E-state index contributed by atoms with van der Waals surface area (Å²) in [6.45, 7) is 7.98. The highest BCUT2D eigenvalue weighted by Crippen LogP contribution is 2.39. The van der Waals surface area contributed by atoms with Crippen molar-refractivity contribution in [2.24, 2.45) is 17.8 Å². The number of carbonyl (C=O) groups is 2. The van der Waals surface area contributed by atoms with Gasteiger partial charge in [0, 0.05) is 51.2 Å². The molecule has 2 aliphatic heterocycles. The molecule has 2 saturated carbocycles. The molecule has 3 amide bonds. The first-order valence-corrected chi connectivity index (χ1v) is 9.67. The van der Waals surface area contributed by atoms with Crippen LogP contribution in [-0.2, 0) is 4.79 Å². The molecule has 4 rings (SSSR count). The largest absolute Gasteiger partial charge is 0.339 e. The number of hydrogen-bond donors (Lipinski definition) is 1. The van der Waals surface area contributed by atoms with Gasteiger partial charge in [-0.25, -0.2) is 4.79 Å². The first kappa shape index (κ1) is 16.2. The van der Waals surface area contributed by atoms with Gasteiger partial charge in [-0.15, -0.1) is 0 Å². The number of hydrogen-bond acceptors (Lipinski definition) is 3. The minimum Gasteiger partial charge on any atom is -0.339 e. The highest BCUT2D eigenvalue weighted by Gasteiger charge is 2.42. The number of piperazine rings is 1. The lowest BCUT2D eigenvalue weighted by molar-refractivity contribution is -0.134. The lowest BCUT2D eigenvalue weighted by atomic mass is 10.1. The molecule has 2 saturated heterocycles. The second-order valence-corrected chi connectivity index (χ2v) is 8.20. The van der Waals surface area contributed by atoms with E-state index in [-0.39, 0.29) is 11.9 Å². The number of likely N-dealkylation sites (tertiary alicyclic amines) is 1. The fourth-order valence-electron chi connectivity index (χ4n) is 4.17. The molecule has 0 unspecified atom stereocenters. The first-order chi connectivity index (χ1) is 11.6. The molecule has 0 spiro atoms. The molecule has 2 aliphatic carbocycles. The Bertz CT molecular complexity index is 499. The van der Waals surface area contributed by atoms with Crippen molar-refractivity contribution < 1.29 is 9.59 Å². The van der Waals surface area contributed by atoms with E-state index in [1.165, 1.54) is 25.8 Å². The second kappa shape index (κ2) is 6.54. The quantitative estimate of drug-likeness (QED) is 0.834. The lowest BCUT2D eigenvalue weighted by Gasteiger charge is -2.35. The van der Waals surface area contributed by atoms with E-state index in [2.05, 4.69) is 17.1 Å². The molecule has 6 heteroatoms. The maximum Gasteiger partial charge on any atom is 0.317 e. The summed E-state index contributed by atoms with van der Waals surface area (Å²) in [5.41, 5.74) is 0. The Labute approximate surface area is 144 Å². The Morgan fingerprint density at radius 2 is 1.67 bits per heavy atom. The van der Waals surface area contributed by atoms with Crippen LogP contribution in [0.3, 0.4) is 0 Å². The molecule has 134 valence electrons. The Morgan fingerprint density at radius 3 is 2.29 bits per heavy atom. The van der Waals surface area contributed by atoms with Crippen molar-refractivity contribution >= 4 is 11.9 Å². The maximum absolute atomic E-state index is 12.4. The van der Waals surface area contributed by atoms with Crippen LogP contribution in [0.5, 0.6) is 0 Å². The van der Waals surface area contributed by atoms with Crippen molar-refractivity contribution in [3.8, 4) is 0 Å². The van der Waals surface area contributed by atoms with Gasteiger partial charge in [-0.1, -0.05) is 6.92 Å². The van der Waals surface area contributed by atoms with Gasteiger partial charge in [0.2, 0.25) is 5.91 Å². The molecule has 0 aromatic heterocycles. The van der Waals surface area contributed by atoms with Gasteiger partial charge in [-0.05, 0) is 44.1 Å². The lowest BCUT2D eigenvalue weighted by Crippen LogP contribution is -2.54. The van der Waals surface area contributed by atoms with Crippen LogP contribution >= 0.6 is 0 Å². The van der Waals surface area contributed by atoms with Crippen LogP contribution in [0.4, 0.5) is 4.79 Å². The zero-order chi connectivity index (χ0) is 16.7. The summed E-state index contributed by atoms with van der Waals surface area (Å²) >= 11 is 0. The van der Waals surface area contributed by atoms with Gasteiger partial charge in [0.15, 0.2) is 0 Å². The number of amides is 3. The second-order valence-electron chi connectivity index (χ2n) is 8.20. The number of nitrogens with zero attached hydrogens (tertiary/aromatic N) is 3. The van der Waals surface area contributed by atoms with E-state index in [9.17, 15) is 9.59 Å². The van der Waals surface area contributed by atoms with E-state index < -0.39 is 0 Å². The summed E-state index contributed by atoms with van der Waals surface area (Å²) < 4.78 is 0. The van der Waals surface area contributed by atoms with Crippen LogP contribution in [0.25, 0.3) is 0 Å². The molecule has 24 heavy (non-hydrogen) atoms. The van der Waals surface area contributed by atoms with Gasteiger partial charge < -0.3 is 20.0 Å². The van der Waals surface area contributed by atoms with E-state index >= 15 is 0 Å². The number of urea groups is 1. The minimum absolute atomic E-state index is 0.0479. The van der Waals surface area contributed by atoms with Gasteiger partial charge in [0.25, 0.3) is 0 Å². The zero-order valence-electron chi connectivity index (χ0n) is 14.7. The molecular weight excluding hydrogens is 304 g/mol. The van der Waals surface area contributed by atoms with Crippen molar-refractivity contribution in [3.05, 3.63) is 0 Å². The Balaban J connectivity index is 1.16. The number of carbonyl (C=O) groups excluding carboxylic acids is 2. The molecule has 2 heterocycles.